The zero-order valence-corrected chi connectivity index (χ0v) is 18.0. The Labute approximate surface area is 187 Å². The number of carbonyl (C=O) groups excluding carboxylic acids is 1. The third kappa shape index (κ3) is 6.31. The van der Waals surface area contributed by atoms with Gasteiger partial charge in [-0.15, -0.1) is 0 Å². The summed E-state index contributed by atoms with van der Waals surface area (Å²) in [5.41, 5.74) is -3.29. The van der Waals surface area contributed by atoms with Crippen molar-refractivity contribution < 1.29 is 41.0 Å². The molecule has 1 heterocycles. The Morgan fingerprint density at radius 1 is 0.970 bits per heavy atom. The number of aliphatic hydroxyl groups is 1. The summed E-state index contributed by atoms with van der Waals surface area (Å²) >= 11 is 0. The van der Waals surface area contributed by atoms with Crippen molar-refractivity contribution in [2.24, 2.45) is 0 Å². The summed E-state index contributed by atoms with van der Waals surface area (Å²) in [6.07, 6.45) is -10.2. The first-order chi connectivity index (χ1) is 15.5. The van der Waals surface area contributed by atoms with Gasteiger partial charge in [-0.3, -0.25) is 4.90 Å². The van der Waals surface area contributed by atoms with Gasteiger partial charge in [0.2, 0.25) is 0 Å². The highest BCUT2D eigenvalue weighted by atomic mass is 19.4. The molecular weight excluding hydrogens is 454 g/mol. The van der Waals surface area contributed by atoms with E-state index >= 15 is 0 Å². The van der Waals surface area contributed by atoms with Crippen molar-refractivity contribution in [2.75, 3.05) is 31.1 Å². The average Bonchev–Trinajstić information content (AvgIpc) is 3.13. The molecule has 1 aliphatic rings. The van der Waals surface area contributed by atoms with E-state index in [4.69, 9.17) is 9.84 Å². The summed E-state index contributed by atoms with van der Waals surface area (Å²) in [6.45, 7) is 3.05. The molecule has 0 aliphatic carbocycles. The topological polar surface area (TPSA) is 53.0 Å². The van der Waals surface area contributed by atoms with Gasteiger partial charge >= 0.3 is 18.4 Å². The molecule has 0 spiro atoms. The number of nitrogens with zero attached hydrogens (tertiary/aromatic N) is 2. The molecule has 3 rings (SSSR count). The van der Waals surface area contributed by atoms with E-state index < -0.39 is 47.6 Å². The highest BCUT2D eigenvalue weighted by molar-refractivity contribution is 5.96. The lowest BCUT2D eigenvalue weighted by Gasteiger charge is -2.25. The second kappa shape index (κ2) is 10.8. The Kier molecular flexibility index (Phi) is 8.59. The van der Waals surface area contributed by atoms with Crippen LogP contribution >= 0.6 is 0 Å². The number of ether oxygens (including phenoxy) is 1. The number of hydrogen-bond donors (Lipinski definition) is 1. The minimum atomic E-state index is -5.16. The largest absolute Gasteiger partial charge is 0.486 e. The van der Waals surface area contributed by atoms with Gasteiger partial charge in [0.1, 0.15) is 12.2 Å². The molecule has 2 amide bonds. The van der Waals surface area contributed by atoms with Crippen LogP contribution in [-0.4, -0.2) is 42.3 Å². The summed E-state index contributed by atoms with van der Waals surface area (Å²) in [7, 11) is 0. The summed E-state index contributed by atoms with van der Waals surface area (Å²) in [5, 5.41) is 9.03. The van der Waals surface area contributed by atoms with Gasteiger partial charge < -0.3 is 14.7 Å². The third-order valence-electron chi connectivity index (χ3n) is 4.68. The van der Waals surface area contributed by atoms with Crippen LogP contribution in [0.15, 0.2) is 42.5 Å². The van der Waals surface area contributed by atoms with Crippen LogP contribution in [0.4, 0.5) is 36.8 Å². The third-order valence-corrected chi connectivity index (χ3v) is 4.68. The maximum absolute atomic E-state index is 13.7. The molecule has 2 aromatic rings. The zero-order valence-electron chi connectivity index (χ0n) is 18.0. The van der Waals surface area contributed by atoms with Gasteiger partial charge in [-0.2, -0.15) is 26.3 Å². The number of anilines is 1. The fraction of sp³-hybridized carbons (Fsp3) is 0.409. The summed E-state index contributed by atoms with van der Waals surface area (Å²) in [6, 6.07) is 7.77. The van der Waals surface area contributed by atoms with E-state index in [1.807, 2.05) is 13.8 Å². The Bertz CT molecular complexity index is 932. The predicted molar refractivity (Wildman–Crippen MR) is 110 cm³/mol. The lowest BCUT2D eigenvalue weighted by Crippen LogP contribution is -2.34. The second-order valence-electron chi connectivity index (χ2n) is 6.79. The quantitative estimate of drug-likeness (QED) is 0.553. The van der Waals surface area contributed by atoms with Crippen molar-refractivity contribution in [3.05, 3.63) is 59.2 Å². The molecule has 1 aliphatic heterocycles. The summed E-state index contributed by atoms with van der Waals surface area (Å²) in [4.78, 5) is 14.5. The highest BCUT2D eigenvalue weighted by Gasteiger charge is 2.43. The minimum absolute atomic E-state index is 0.0180. The van der Waals surface area contributed by atoms with Gasteiger partial charge in [-0.1, -0.05) is 44.2 Å². The van der Waals surface area contributed by atoms with E-state index in [1.54, 1.807) is 30.3 Å². The zero-order chi connectivity index (χ0) is 24.8. The minimum Gasteiger partial charge on any atom is -0.486 e. The monoisotopic (exact) mass is 478 g/mol. The average molecular weight is 478 g/mol. The number of benzene rings is 2. The standard InChI is InChI=1S/C20H18F6N2O3.C2H6/c21-19(22,23)14-10-15(20(24,25)26)17(31-12-13-4-2-1-3-5-13)16(11-14)28-7-6-27(8-9-29)18(28)30;1-2/h1-5,10-11,29H,6-9,12H2;1-2H3. The van der Waals surface area contributed by atoms with Crippen LogP contribution in [0.1, 0.15) is 30.5 Å². The van der Waals surface area contributed by atoms with Crippen molar-refractivity contribution in [3.63, 3.8) is 0 Å². The fourth-order valence-corrected chi connectivity index (χ4v) is 3.20. The number of alkyl halides is 6. The normalized spacial score (nSPS) is 14.3. The molecule has 0 saturated carbocycles. The highest BCUT2D eigenvalue weighted by Crippen LogP contribution is 2.46. The number of amides is 2. The van der Waals surface area contributed by atoms with Gasteiger partial charge in [0.15, 0.2) is 5.75 Å². The number of rotatable bonds is 6. The molecule has 5 nitrogen and oxygen atoms in total. The number of aliphatic hydroxyl groups excluding tert-OH is 1. The number of β-amino-alcohol motifs (C(OH)–C–C–N with tert-alkyl or cyclic N) is 1. The number of hydrogen-bond acceptors (Lipinski definition) is 3. The predicted octanol–water partition coefficient (Wildman–Crippen LogP) is 5.56. The van der Waals surface area contributed by atoms with E-state index in [9.17, 15) is 31.1 Å². The van der Waals surface area contributed by atoms with E-state index in [0.717, 1.165) is 9.80 Å². The fourth-order valence-electron chi connectivity index (χ4n) is 3.20. The van der Waals surface area contributed by atoms with Gasteiger partial charge in [-0.25, -0.2) is 4.79 Å². The molecule has 33 heavy (non-hydrogen) atoms. The van der Waals surface area contributed by atoms with Gasteiger partial charge in [-0.05, 0) is 17.7 Å². The molecule has 1 saturated heterocycles. The SMILES string of the molecule is CC.O=C1N(CCO)CCN1c1cc(C(F)(F)F)cc(C(F)(F)F)c1OCc1ccccc1. The van der Waals surface area contributed by atoms with Crippen LogP contribution in [-0.2, 0) is 19.0 Å². The van der Waals surface area contributed by atoms with Gasteiger partial charge in [0.25, 0.3) is 0 Å². The van der Waals surface area contributed by atoms with E-state index in [1.165, 1.54) is 0 Å². The van der Waals surface area contributed by atoms with Gasteiger partial charge in [0, 0.05) is 19.6 Å². The van der Waals surface area contributed by atoms with E-state index in [2.05, 4.69) is 0 Å². The maximum atomic E-state index is 13.7. The Hall–Kier alpha value is -2.95. The van der Waals surface area contributed by atoms with E-state index in [-0.39, 0.29) is 32.3 Å². The second-order valence-corrected chi connectivity index (χ2v) is 6.79. The summed E-state index contributed by atoms with van der Waals surface area (Å²) < 4.78 is 86.5. The molecule has 0 bridgehead atoms. The Balaban J connectivity index is 0.00000187. The first-order valence-corrected chi connectivity index (χ1v) is 10.2. The van der Waals surface area contributed by atoms with E-state index in [0.29, 0.717) is 11.6 Å². The smallest absolute Gasteiger partial charge is 0.420 e. The van der Waals surface area contributed by atoms with Crippen molar-refractivity contribution >= 4 is 11.7 Å². The van der Waals surface area contributed by atoms with Crippen LogP contribution < -0.4 is 9.64 Å². The molecule has 0 radical (unpaired) electrons. The van der Waals surface area contributed by atoms with Crippen LogP contribution in [0, 0.1) is 0 Å². The van der Waals surface area contributed by atoms with Crippen LogP contribution in [0.2, 0.25) is 0 Å². The Morgan fingerprint density at radius 2 is 1.61 bits per heavy atom. The first-order valence-electron chi connectivity index (χ1n) is 10.2. The molecule has 0 unspecified atom stereocenters. The van der Waals surface area contributed by atoms with Crippen molar-refractivity contribution in [1.82, 2.24) is 4.90 Å². The lowest BCUT2D eigenvalue weighted by molar-refractivity contribution is -0.143. The van der Waals surface area contributed by atoms with Crippen LogP contribution in [0.5, 0.6) is 5.75 Å². The first kappa shape index (κ1) is 26.3. The van der Waals surface area contributed by atoms with Crippen molar-refractivity contribution in [2.45, 2.75) is 32.8 Å². The van der Waals surface area contributed by atoms with Crippen LogP contribution in [0.3, 0.4) is 0 Å². The summed E-state index contributed by atoms with van der Waals surface area (Å²) in [5.74, 6) is -0.858. The molecule has 182 valence electrons. The van der Waals surface area contributed by atoms with Crippen LogP contribution in [0.25, 0.3) is 0 Å². The number of carbonyl (C=O) groups is 1. The number of urea groups is 1. The van der Waals surface area contributed by atoms with Gasteiger partial charge in [0.05, 0.1) is 17.9 Å². The molecule has 2 aromatic carbocycles. The lowest BCUT2D eigenvalue weighted by atomic mass is 10.1. The molecule has 11 heteroatoms. The van der Waals surface area contributed by atoms with Crippen molar-refractivity contribution in [3.8, 4) is 5.75 Å². The Morgan fingerprint density at radius 3 is 2.15 bits per heavy atom. The molecule has 1 N–H and O–H groups in total. The molecule has 1 fully saturated rings. The molecular formula is C22H24F6N2O3. The maximum Gasteiger partial charge on any atom is 0.420 e. The molecule has 0 atom stereocenters. The van der Waals surface area contributed by atoms with Crippen molar-refractivity contribution in [1.29, 1.82) is 0 Å². The molecule has 0 aromatic heterocycles. The number of halogens is 6.